The summed E-state index contributed by atoms with van der Waals surface area (Å²) >= 11 is 0. The molecule has 0 saturated heterocycles. The predicted octanol–water partition coefficient (Wildman–Crippen LogP) is 1.98. The molecule has 0 unspecified atom stereocenters. The Balaban J connectivity index is 1.89. The highest BCUT2D eigenvalue weighted by molar-refractivity contribution is 5.68. The number of benzene rings is 2. The van der Waals surface area contributed by atoms with Gasteiger partial charge < -0.3 is 23.7 Å². The average molecular weight is 371 g/mol. The first kappa shape index (κ1) is 16.8. The van der Waals surface area contributed by atoms with Crippen LogP contribution < -0.4 is 29.4 Å². The number of aromatic amines is 1. The highest BCUT2D eigenvalue weighted by Gasteiger charge is 2.21. The highest BCUT2D eigenvalue weighted by atomic mass is 16.7. The number of nitrogens with one attached hydrogen (secondary N) is 1. The Morgan fingerprint density at radius 3 is 2.37 bits per heavy atom. The van der Waals surface area contributed by atoms with E-state index in [4.69, 9.17) is 23.7 Å². The zero-order valence-corrected chi connectivity index (χ0v) is 14.9. The third-order valence-electron chi connectivity index (χ3n) is 4.21. The molecular weight excluding hydrogens is 354 g/mol. The lowest BCUT2D eigenvalue weighted by Gasteiger charge is -2.14. The number of ether oxygens (including phenoxy) is 5. The van der Waals surface area contributed by atoms with E-state index in [-0.39, 0.29) is 6.79 Å². The molecule has 1 N–H and O–H groups in total. The van der Waals surface area contributed by atoms with Crippen molar-refractivity contribution in [3.63, 3.8) is 0 Å². The summed E-state index contributed by atoms with van der Waals surface area (Å²) in [5.74, 6) is 2.95. The van der Waals surface area contributed by atoms with Gasteiger partial charge in [-0.15, -0.1) is 0 Å². The second-order valence-corrected chi connectivity index (χ2v) is 5.64. The molecule has 9 heteroatoms. The van der Waals surface area contributed by atoms with Gasteiger partial charge in [-0.25, -0.2) is 14.5 Å². The van der Waals surface area contributed by atoms with E-state index in [2.05, 4.69) is 10.2 Å². The van der Waals surface area contributed by atoms with Crippen LogP contribution in [0.1, 0.15) is 0 Å². The van der Waals surface area contributed by atoms with Crippen LogP contribution >= 0.6 is 0 Å². The van der Waals surface area contributed by atoms with E-state index in [1.165, 1.54) is 25.9 Å². The number of methoxy groups -OCH3 is 3. The van der Waals surface area contributed by atoms with Gasteiger partial charge in [0, 0.05) is 11.6 Å². The van der Waals surface area contributed by atoms with Crippen LogP contribution in [-0.4, -0.2) is 42.9 Å². The van der Waals surface area contributed by atoms with E-state index in [9.17, 15) is 4.79 Å². The molecule has 0 spiro atoms. The van der Waals surface area contributed by atoms with Gasteiger partial charge in [0.05, 0.1) is 27.0 Å². The van der Waals surface area contributed by atoms with Crippen molar-refractivity contribution in [2.75, 3.05) is 28.1 Å². The molecule has 9 nitrogen and oxygen atoms in total. The Kier molecular flexibility index (Phi) is 4.11. The molecule has 0 fully saturated rings. The lowest BCUT2D eigenvalue weighted by Crippen LogP contribution is -2.15. The largest absolute Gasteiger partial charge is 0.493 e. The van der Waals surface area contributed by atoms with E-state index in [1.54, 1.807) is 30.3 Å². The molecule has 1 aliphatic rings. The van der Waals surface area contributed by atoms with Crippen molar-refractivity contribution < 1.29 is 23.7 Å². The summed E-state index contributed by atoms with van der Waals surface area (Å²) < 4.78 is 28.3. The smallest absolute Gasteiger partial charge is 0.348 e. The van der Waals surface area contributed by atoms with E-state index < -0.39 is 5.69 Å². The highest BCUT2D eigenvalue weighted by Crippen LogP contribution is 2.41. The van der Waals surface area contributed by atoms with Crippen LogP contribution in [0.25, 0.3) is 17.1 Å². The van der Waals surface area contributed by atoms with E-state index in [0.29, 0.717) is 45.8 Å². The van der Waals surface area contributed by atoms with Crippen LogP contribution in [0, 0.1) is 0 Å². The molecule has 3 aromatic rings. The van der Waals surface area contributed by atoms with Crippen molar-refractivity contribution in [3.8, 4) is 45.8 Å². The zero-order chi connectivity index (χ0) is 19.0. The topological polar surface area (TPSA) is 96.8 Å². The van der Waals surface area contributed by atoms with Gasteiger partial charge in [-0.05, 0) is 24.3 Å². The summed E-state index contributed by atoms with van der Waals surface area (Å²) in [6, 6.07) is 8.67. The maximum atomic E-state index is 12.4. The Labute approximate surface area is 154 Å². The molecule has 0 aliphatic carbocycles. The molecule has 0 bridgehead atoms. The van der Waals surface area contributed by atoms with E-state index in [1.807, 2.05) is 0 Å². The van der Waals surface area contributed by atoms with Crippen LogP contribution in [0.15, 0.2) is 35.1 Å². The number of nitrogens with zero attached hydrogens (tertiary/aromatic N) is 2. The third-order valence-corrected chi connectivity index (χ3v) is 4.21. The van der Waals surface area contributed by atoms with Gasteiger partial charge in [0.25, 0.3) is 0 Å². The summed E-state index contributed by atoms with van der Waals surface area (Å²) in [4.78, 5) is 12.4. The molecule has 4 rings (SSSR count). The fourth-order valence-electron chi connectivity index (χ4n) is 2.96. The van der Waals surface area contributed by atoms with Crippen molar-refractivity contribution in [2.45, 2.75) is 0 Å². The average Bonchev–Trinajstić information content (AvgIpc) is 3.32. The fraction of sp³-hybridized carbons (Fsp3) is 0.222. The monoisotopic (exact) mass is 371 g/mol. The van der Waals surface area contributed by atoms with Gasteiger partial charge in [0.15, 0.2) is 28.8 Å². The Morgan fingerprint density at radius 1 is 1.00 bits per heavy atom. The number of hydrogen-bond donors (Lipinski definition) is 1. The van der Waals surface area contributed by atoms with Gasteiger partial charge >= 0.3 is 5.69 Å². The van der Waals surface area contributed by atoms with Crippen LogP contribution in [0.2, 0.25) is 0 Å². The number of aromatic nitrogens is 3. The molecular formula is C18H17N3O6. The van der Waals surface area contributed by atoms with Gasteiger partial charge in [0.2, 0.25) is 12.5 Å². The standard InChI is InChI=1S/C18H17N3O6/c1-23-14-6-10(7-15(24-2)16(14)25-3)17-19-20-18(22)21(17)11-4-5-12-13(8-11)27-9-26-12/h4-8H,9H2,1-3H3,(H,20,22). The van der Waals surface area contributed by atoms with Crippen molar-refractivity contribution in [3.05, 3.63) is 40.8 Å². The quantitative estimate of drug-likeness (QED) is 0.732. The number of H-pyrrole nitrogens is 1. The summed E-state index contributed by atoms with van der Waals surface area (Å²) in [5.41, 5.74) is 0.805. The first-order valence-corrected chi connectivity index (χ1v) is 8.04. The summed E-state index contributed by atoms with van der Waals surface area (Å²) in [5, 5.41) is 6.64. The predicted molar refractivity (Wildman–Crippen MR) is 95.4 cm³/mol. The van der Waals surface area contributed by atoms with Crippen LogP contribution in [0.3, 0.4) is 0 Å². The molecule has 1 aliphatic heterocycles. The first-order valence-electron chi connectivity index (χ1n) is 8.04. The van der Waals surface area contributed by atoms with Gasteiger partial charge in [0.1, 0.15) is 0 Å². The Bertz CT molecular complexity index is 1030. The van der Waals surface area contributed by atoms with Crippen molar-refractivity contribution in [1.29, 1.82) is 0 Å². The van der Waals surface area contributed by atoms with E-state index in [0.717, 1.165) is 0 Å². The Hall–Kier alpha value is -3.62. The molecule has 1 aromatic heterocycles. The lowest BCUT2D eigenvalue weighted by atomic mass is 10.1. The molecule has 27 heavy (non-hydrogen) atoms. The summed E-state index contributed by atoms with van der Waals surface area (Å²) in [7, 11) is 4.57. The molecule has 0 saturated carbocycles. The number of hydrogen-bond acceptors (Lipinski definition) is 7. The minimum atomic E-state index is -0.391. The zero-order valence-electron chi connectivity index (χ0n) is 14.9. The van der Waals surface area contributed by atoms with Gasteiger partial charge in [-0.2, -0.15) is 5.10 Å². The number of rotatable bonds is 5. The normalized spacial score (nSPS) is 12.1. The molecule has 140 valence electrons. The molecule has 0 amide bonds. The van der Waals surface area contributed by atoms with Crippen molar-refractivity contribution in [2.24, 2.45) is 0 Å². The fourth-order valence-corrected chi connectivity index (χ4v) is 2.96. The minimum absolute atomic E-state index is 0.152. The maximum absolute atomic E-state index is 12.4. The Morgan fingerprint density at radius 2 is 1.70 bits per heavy atom. The summed E-state index contributed by atoms with van der Waals surface area (Å²) in [6.07, 6.45) is 0. The molecule has 0 radical (unpaired) electrons. The van der Waals surface area contributed by atoms with Crippen LogP contribution in [-0.2, 0) is 0 Å². The lowest BCUT2D eigenvalue weighted by molar-refractivity contribution is 0.174. The third kappa shape index (κ3) is 2.73. The molecule has 2 heterocycles. The van der Waals surface area contributed by atoms with E-state index >= 15 is 0 Å². The molecule has 0 atom stereocenters. The van der Waals surface area contributed by atoms with Crippen LogP contribution in [0.4, 0.5) is 0 Å². The number of fused-ring (bicyclic) bond motifs is 1. The second kappa shape index (κ2) is 6.60. The maximum Gasteiger partial charge on any atom is 0.348 e. The summed E-state index contributed by atoms with van der Waals surface area (Å²) in [6.45, 7) is 0.152. The van der Waals surface area contributed by atoms with Gasteiger partial charge in [-0.1, -0.05) is 0 Å². The van der Waals surface area contributed by atoms with Crippen molar-refractivity contribution >= 4 is 0 Å². The second-order valence-electron chi connectivity index (χ2n) is 5.64. The molecule has 2 aromatic carbocycles. The van der Waals surface area contributed by atoms with Crippen molar-refractivity contribution in [1.82, 2.24) is 14.8 Å². The van der Waals surface area contributed by atoms with Crippen LogP contribution in [0.5, 0.6) is 28.7 Å². The minimum Gasteiger partial charge on any atom is -0.493 e. The van der Waals surface area contributed by atoms with Gasteiger partial charge in [-0.3, -0.25) is 0 Å². The first-order chi connectivity index (χ1) is 13.2. The SMILES string of the molecule is COc1cc(-c2n[nH]c(=O)n2-c2ccc3c(c2)OCO3)cc(OC)c1OC.